The smallest absolute Gasteiger partial charge is 0.314 e. The van der Waals surface area contributed by atoms with Crippen LogP contribution < -0.4 is 0 Å². The zero-order valence-electron chi connectivity index (χ0n) is 10.8. The van der Waals surface area contributed by atoms with Crippen LogP contribution in [0.25, 0.3) is 0 Å². The predicted octanol–water partition coefficient (Wildman–Crippen LogP) is 1.58. The van der Waals surface area contributed by atoms with Crippen LogP contribution in [0.1, 0.15) is 25.3 Å². The molecule has 1 saturated heterocycles. The molecule has 1 atom stereocenters. The molecule has 102 valence electrons. The van der Waals surface area contributed by atoms with Crippen LogP contribution in [-0.2, 0) is 19.8 Å². The topological polar surface area (TPSA) is 66.8 Å². The molecule has 2 rings (SSSR count). The average Bonchev–Trinajstić information content (AvgIpc) is 2.93. The Hall–Kier alpha value is -1.88. The fourth-order valence-electron chi connectivity index (χ4n) is 2.14. The first kappa shape index (κ1) is 13.5. The summed E-state index contributed by atoms with van der Waals surface area (Å²) >= 11 is 0. The second kappa shape index (κ2) is 5.40. The van der Waals surface area contributed by atoms with E-state index in [4.69, 9.17) is 4.84 Å². The molecule has 1 N–H and O–H groups in total. The molecule has 1 aliphatic rings. The summed E-state index contributed by atoms with van der Waals surface area (Å²) < 4.78 is 0. The number of carbonyl (C=O) groups excluding carboxylic acids is 1. The highest BCUT2D eigenvalue weighted by atomic mass is 16.7. The van der Waals surface area contributed by atoms with E-state index in [9.17, 15) is 14.7 Å². The van der Waals surface area contributed by atoms with Gasteiger partial charge >= 0.3 is 5.97 Å². The van der Waals surface area contributed by atoms with Crippen LogP contribution in [0.2, 0.25) is 0 Å². The predicted molar refractivity (Wildman–Crippen MR) is 68.3 cm³/mol. The number of hydrogen-bond acceptors (Lipinski definition) is 3. The Morgan fingerprint density at radius 1 is 1.37 bits per heavy atom. The molecule has 1 amide bonds. The van der Waals surface area contributed by atoms with Gasteiger partial charge in [0, 0.05) is 6.42 Å². The van der Waals surface area contributed by atoms with Crippen molar-refractivity contribution in [2.24, 2.45) is 0 Å². The lowest BCUT2D eigenvalue weighted by Gasteiger charge is -2.26. The second-order valence-corrected chi connectivity index (χ2v) is 4.86. The normalized spacial score (nSPS) is 18.1. The van der Waals surface area contributed by atoms with E-state index in [1.54, 1.807) is 31.2 Å². The van der Waals surface area contributed by atoms with Gasteiger partial charge in [-0.25, -0.2) is 5.06 Å². The second-order valence-electron chi connectivity index (χ2n) is 4.86. The maximum absolute atomic E-state index is 12.1. The van der Waals surface area contributed by atoms with E-state index < -0.39 is 11.4 Å². The lowest BCUT2D eigenvalue weighted by molar-refractivity contribution is -0.172. The largest absolute Gasteiger partial charge is 0.481 e. The molecule has 1 unspecified atom stereocenters. The summed E-state index contributed by atoms with van der Waals surface area (Å²) in [5, 5.41) is 10.7. The maximum Gasteiger partial charge on any atom is 0.314 e. The molecule has 5 heteroatoms. The van der Waals surface area contributed by atoms with Gasteiger partial charge in [0.15, 0.2) is 0 Å². The molecule has 0 radical (unpaired) electrons. The van der Waals surface area contributed by atoms with Crippen molar-refractivity contribution in [3.05, 3.63) is 35.9 Å². The van der Waals surface area contributed by atoms with Gasteiger partial charge < -0.3 is 5.11 Å². The quantitative estimate of drug-likeness (QED) is 0.895. The number of rotatable bonds is 4. The summed E-state index contributed by atoms with van der Waals surface area (Å²) in [6, 6.07) is 8.82. The fraction of sp³-hybridized carbons (Fsp3) is 0.429. The zero-order valence-corrected chi connectivity index (χ0v) is 10.8. The van der Waals surface area contributed by atoms with E-state index in [-0.39, 0.29) is 12.3 Å². The van der Waals surface area contributed by atoms with Crippen molar-refractivity contribution in [3.8, 4) is 0 Å². The maximum atomic E-state index is 12.1. The molecule has 1 heterocycles. The van der Waals surface area contributed by atoms with E-state index in [0.717, 1.165) is 6.42 Å². The standard InChI is InChI=1S/C14H17NO4/c1-14(13(17)18,11-6-3-2-4-7-11)10-12(16)15-8-5-9-19-15/h2-4,6-7H,5,8-10H2,1H3,(H,17,18). The van der Waals surface area contributed by atoms with E-state index in [1.807, 2.05) is 6.07 Å². The Morgan fingerprint density at radius 2 is 2.05 bits per heavy atom. The molecule has 0 aliphatic carbocycles. The molecule has 5 nitrogen and oxygen atoms in total. The molecule has 1 aromatic carbocycles. The zero-order chi connectivity index (χ0) is 13.9. The number of hydroxylamine groups is 2. The Labute approximate surface area is 111 Å². The molecule has 19 heavy (non-hydrogen) atoms. The molecular weight excluding hydrogens is 246 g/mol. The van der Waals surface area contributed by atoms with Crippen LogP contribution in [0.15, 0.2) is 30.3 Å². The summed E-state index contributed by atoms with van der Waals surface area (Å²) in [7, 11) is 0. The van der Waals surface area contributed by atoms with E-state index in [1.165, 1.54) is 5.06 Å². The van der Waals surface area contributed by atoms with Crippen molar-refractivity contribution in [2.45, 2.75) is 25.2 Å². The SMILES string of the molecule is CC(CC(=O)N1CCCO1)(C(=O)O)c1ccccc1. The first-order valence-corrected chi connectivity index (χ1v) is 6.26. The van der Waals surface area contributed by atoms with Gasteiger partial charge in [-0.05, 0) is 18.9 Å². The highest BCUT2D eigenvalue weighted by molar-refractivity contribution is 5.88. The summed E-state index contributed by atoms with van der Waals surface area (Å²) in [5.41, 5.74) is -0.611. The third-order valence-corrected chi connectivity index (χ3v) is 3.42. The van der Waals surface area contributed by atoms with Crippen LogP contribution in [0.5, 0.6) is 0 Å². The third-order valence-electron chi connectivity index (χ3n) is 3.42. The van der Waals surface area contributed by atoms with Crippen molar-refractivity contribution in [1.82, 2.24) is 5.06 Å². The van der Waals surface area contributed by atoms with Gasteiger partial charge in [-0.2, -0.15) is 0 Å². The molecule has 1 aromatic rings. The first-order valence-electron chi connectivity index (χ1n) is 6.26. The van der Waals surface area contributed by atoms with Crippen LogP contribution >= 0.6 is 0 Å². The molecule has 1 fully saturated rings. The minimum Gasteiger partial charge on any atom is -0.481 e. The molecule has 1 aliphatic heterocycles. The minimum atomic E-state index is -1.23. The number of hydrogen-bond donors (Lipinski definition) is 1. The Kier molecular flexibility index (Phi) is 3.85. The highest BCUT2D eigenvalue weighted by Gasteiger charge is 2.39. The summed E-state index contributed by atoms with van der Waals surface area (Å²) in [4.78, 5) is 28.8. The fourth-order valence-corrected chi connectivity index (χ4v) is 2.14. The Bertz CT molecular complexity index is 468. The number of aliphatic carboxylic acids is 1. The summed E-state index contributed by atoms with van der Waals surface area (Å²) in [5.74, 6) is -1.29. The van der Waals surface area contributed by atoms with Crippen LogP contribution in [0, 0.1) is 0 Å². The third kappa shape index (κ3) is 2.76. The van der Waals surface area contributed by atoms with Crippen molar-refractivity contribution < 1.29 is 19.5 Å². The number of amides is 1. The molecule has 0 aromatic heterocycles. The summed E-state index contributed by atoms with van der Waals surface area (Å²) in [6.45, 7) is 2.61. The number of nitrogens with zero attached hydrogens (tertiary/aromatic N) is 1. The van der Waals surface area contributed by atoms with Gasteiger partial charge in [0.05, 0.1) is 18.6 Å². The van der Waals surface area contributed by atoms with E-state index in [0.29, 0.717) is 18.7 Å². The monoisotopic (exact) mass is 263 g/mol. The number of benzene rings is 1. The van der Waals surface area contributed by atoms with Gasteiger partial charge in [0.25, 0.3) is 0 Å². The minimum absolute atomic E-state index is 0.105. The van der Waals surface area contributed by atoms with Crippen LogP contribution in [0.3, 0.4) is 0 Å². The number of carboxylic acids is 1. The van der Waals surface area contributed by atoms with Crippen molar-refractivity contribution in [1.29, 1.82) is 0 Å². The van der Waals surface area contributed by atoms with Gasteiger partial charge in [-0.1, -0.05) is 30.3 Å². The van der Waals surface area contributed by atoms with Gasteiger partial charge in [-0.3, -0.25) is 14.4 Å². The van der Waals surface area contributed by atoms with Gasteiger partial charge in [0.2, 0.25) is 5.91 Å². The van der Waals surface area contributed by atoms with Crippen molar-refractivity contribution in [3.63, 3.8) is 0 Å². The van der Waals surface area contributed by atoms with E-state index >= 15 is 0 Å². The van der Waals surface area contributed by atoms with E-state index in [2.05, 4.69) is 0 Å². The average molecular weight is 263 g/mol. The number of carboxylic acid groups (broad SMARTS) is 1. The van der Waals surface area contributed by atoms with Gasteiger partial charge in [0.1, 0.15) is 0 Å². The Morgan fingerprint density at radius 3 is 2.58 bits per heavy atom. The van der Waals surface area contributed by atoms with Crippen LogP contribution in [-0.4, -0.2) is 35.2 Å². The molecule has 0 bridgehead atoms. The van der Waals surface area contributed by atoms with Gasteiger partial charge in [-0.15, -0.1) is 0 Å². The first-order chi connectivity index (χ1) is 9.04. The van der Waals surface area contributed by atoms with Crippen LogP contribution in [0.4, 0.5) is 0 Å². The van der Waals surface area contributed by atoms with Crippen molar-refractivity contribution in [2.75, 3.05) is 13.2 Å². The molecular formula is C14H17NO4. The summed E-state index contributed by atoms with van der Waals surface area (Å²) in [6.07, 6.45) is 0.688. The lowest BCUT2D eigenvalue weighted by Crippen LogP contribution is -2.39. The number of carbonyl (C=O) groups is 2. The molecule has 0 saturated carbocycles. The molecule has 0 spiro atoms. The highest BCUT2D eigenvalue weighted by Crippen LogP contribution is 2.29. The van der Waals surface area contributed by atoms with Crippen molar-refractivity contribution >= 4 is 11.9 Å². The lowest BCUT2D eigenvalue weighted by atomic mass is 9.79. The Balaban J connectivity index is 2.20.